The number of anilines is 1. The molecule has 0 bridgehead atoms. The van der Waals surface area contributed by atoms with Crippen molar-refractivity contribution in [3.63, 3.8) is 0 Å². The van der Waals surface area contributed by atoms with Gasteiger partial charge in [0.15, 0.2) is 0 Å². The van der Waals surface area contributed by atoms with Crippen molar-refractivity contribution in [3.8, 4) is 0 Å². The van der Waals surface area contributed by atoms with Crippen molar-refractivity contribution >= 4 is 5.82 Å². The zero-order valence-corrected chi connectivity index (χ0v) is 14.3. The molecule has 1 N–H and O–H groups in total. The summed E-state index contributed by atoms with van der Waals surface area (Å²) in [6.07, 6.45) is 10.7. The molecule has 1 unspecified atom stereocenters. The highest BCUT2D eigenvalue weighted by Gasteiger charge is 2.27. The van der Waals surface area contributed by atoms with Crippen molar-refractivity contribution in [2.24, 2.45) is 0 Å². The molecule has 126 valence electrons. The predicted molar refractivity (Wildman–Crippen MR) is 94.9 cm³/mol. The fourth-order valence-corrected chi connectivity index (χ4v) is 3.48. The third-order valence-corrected chi connectivity index (χ3v) is 4.81. The summed E-state index contributed by atoms with van der Waals surface area (Å²) in [6, 6.07) is 4.68. The van der Waals surface area contributed by atoms with Crippen LogP contribution in [0.5, 0.6) is 0 Å². The van der Waals surface area contributed by atoms with Crippen LogP contribution in [0.1, 0.15) is 48.6 Å². The largest absolute Gasteiger partial charge is 0.366 e. The number of aryl methyl sites for hydroxylation is 1. The second kappa shape index (κ2) is 6.85. The van der Waals surface area contributed by atoms with Crippen LogP contribution in [-0.4, -0.2) is 39.0 Å². The van der Waals surface area contributed by atoms with E-state index in [9.17, 15) is 0 Å². The number of aromatic nitrogens is 3. The summed E-state index contributed by atoms with van der Waals surface area (Å²) < 4.78 is 0. The maximum absolute atomic E-state index is 4.70. The van der Waals surface area contributed by atoms with Crippen molar-refractivity contribution < 1.29 is 0 Å². The molecule has 0 amide bonds. The van der Waals surface area contributed by atoms with E-state index in [0.29, 0.717) is 12.0 Å². The van der Waals surface area contributed by atoms with Gasteiger partial charge in [0.25, 0.3) is 0 Å². The van der Waals surface area contributed by atoms with Gasteiger partial charge in [0.1, 0.15) is 11.6 Å². The molecule has 1 aliphatic carbocycles. The van der Waals surface area contributed by atoms with Crippen LogP contribution in [0.15, 0.2) is 30.7 Å². The van der Waals surface area contributed by atoms with Gasteiger partial charge in [0.05, 0.1) is 0 Å². The molecule has 4 rings (SSSR count). The Hall–Kier alpha value is -2.01. The molecule has 3 heterocycles. The van der Waals surface area contributed by atoms with Gasteiger partial charge in [-0.2, -0.15) is 0 Å². The highest BCUT2D eigenvalue weighted by Crippen LogP contribution is 2.38. The molecule has 0 spiro atoms. The van der Waals surface area contributed by atoms with Gasteiger partial charge >= 0.3 is 0 Å². The summed E-state index contributed by atoms with van der Waals surface area (Å²) in [6.45, 7) is 5.29. The molecule has 5 nitrogen and oxygen atoms in total. The van der Waals surface area contributed by atoms with E-state index in [4.69, 9.17) is 4.98 Å². The molecule has 2 aromatic heterocycles. The molecule has 1 aliphatic heterocycles. The number of piperidine rings is 1. The molecule has 1 saturated carbocycles. The van der Waals surface area contributed by atoms with Crippen LogP contribution in [0.3, 0.4) is 0 Å². The quantitative estimate of drug-likeness (QED) is 0.916. The van der Waals surface area contributed by atoms with Crippen LogP contribution >= 0.6 is 0 Å². The molecule has 2 fully saturated rings. The van der Waals surface area contributed by atoms with Gasteiger partial charge in [-0.1, -0.05) is 6.07 Å². The van der Waals surface area contributed by atoms with Gasteiger partial charge in [-0.25, -0.2) is 9.97 Å². The SMILES string of the molecule is Cc1cncc(CN2CCCC(Nc3ccnc(C4CC4)n3)C2)c1. The minimum atomic E-state index is 0.457. The van der Waals surface area contributed by atoms with E-state index in [-0.39, 0.29) is 0 Å². The maximum atomic E-state index is 4.70. The Labute approximate surface area is 143 Å². The smallest absolute Gasteiger partial charge is 0.133 e. The lowest BCUT2D eigenvalue weighted by molar-refractivity contribution is 0.208. The summed E-state index contributed by atoms with van der Waals surface area (Å²) in [5.74, 6) is 2.60. The Morgan fingerprint density at radius 2 is 2.17 bits per heavy atom. The van der Waals surface area contributed by atoms with Gasteiger partial charge < -0.3 is 5.32 Å². The van der Waals surface area contributed by atoms with Gasteiger partial charge in [-0.3, -0.25) is 9.88 Å². The molecular formula is C19H25N5. The lowest BCUT2D eigenvalue weighted by atomic mass is 10.0. The van der Waals surface area contributed by atoms with Crippen LogP contribution in [0.25, 0.3) is 0 Å². The monoisotopic (exact) mass is 323 g/mol. The number of hydrogen-bond acceptors (Lipinski definition) is 5. The van der Waals surface area contributed by atoms with E-state index in [2.05, 4.69) is 33.2 Å². The zero-order chi connectivity index (χ0) is 16.4. The number of pyridine rings is 1. The fraction of sp³-hybridized carbons (Fsp3) is 0.526. The Balaban J connectivity index is 1.37. The minimum absolute atomic E-state index is 0.457. The first kappa shape index (κ1) is 15.5. The molecule has 0 radical (unpaired) electrons. The molecule has 1 atom stereocenters. The van der Waals surface area contributed by atoms with Crippen LogP contribution in [0.2, 0.25) is 0 Å². The third-order valence-electron chi connectivity index (χ3n) is 4.81. The van der Waals surface area contributed by atoms with Crippen LogP contribution in [0.4, 0.5) is 5.82 Å². The van der Waals surface area contributed by atoms with E-state index in [1.165, 1.54) is 36.8 Å². The minimum Gasteiger partial charge on any atom is -0.366 e. The van der Waals surface area contributed by atoms with Crippen LogP contribution < -0.4 is 5.32 Å². The molecule has 2 aromatic rings. The molecule has 24 heavy (non-hydrogen) atoms. The van der Waals surface area contributed by atoms with Crippen LogP contribution in [0, 0.1) is 6.92 Å². The first-order valence-corrected chi connectivity index (χ1v) is 8.98. The second-order valence-corrected chi connectivity index (χ2v) is 7.16. The van der Waals surface area contributed by atoms with E-state index in [1.807, 2.05) is 24.7 Å². The summed E-state index contributed by atoms with van der Waals surface area (Å²) in [5.41, 5.74) is 2.53. The first-order chi connectivity index (χ1) is 11.8. The number of likely N-dealkylation sites (tertiary alicyclic amines) is 1. The molecule has 5 heteroatoms. The van der Waals surface area contributed by atoms with Gasteiger partial charge in [0.2, 0.25) is 0 Å². The summed E-state index contributed by atoms with van der Waals surface area (Å²) in [7, 11) is 0. The van der Waals surface area contributed by atoms with E-state index >= 15 is 0 Å². The summed E-state index contributed by atoms with van der Waals surface area (Å²) >= 11 is 0. The highest BCUT2D eigenvalue weighted by molar-refractivity contribution is 5.35. The Bertz CT molecular complexity index is 698. The number of nitrogens with zero attached hydrogens (tertiary/aromatic N) is 4. The number of hydrogen-bond donors (Lipinski definition) is 1. The van der Waals surface area contributed by atoms with Crippen molar-refractivity contribution in [1.29, 1.82) is 0 Å². The zero-order valence-electron chi connectivity index (χ0n) is 14.3. The molecule has 2 aliphatic rings. The Kier molecular flexibility index (Phi) is 4.43. The van der Waals surface area contributed by atoms with Crippen LogP contribution in [-0.2, 0) is 6.54 Å². The Morgan fingerprint density at radius 1 is 1.25 bits per heavy atom. The lowest BCUT2D eigenvalue weighted by Crippen LogP contribution is -2.41. The summed E-state index contributed by atoms with van der Waals surface area (Å²) in [5, 5.41) is 3.62. The predicted octanol–water partition coefficient (Wildman–Crippen LogP) is 3.13. The molecule has 0 aromatic carbocycles. The maximum Gasteiger partial charge on any atom is 0.133 e. The molecular weight excluding hydrogens is 298 g/mol. The lowest BCUT2D eigenvalue weighted by Gasteiger charge is -2.33. The van der Waals surface area contributed by atoms with Crippen molar-refractivity contribution in [2.75, 3.05) is 18.4 Å². The number of nitrogens with one attached hydrogen (secondary N) is 1. The van der Waals surface area contributed by atoms with Gasteiger partial charge in [0, 0.05) is 43.6 Å². The normalized spacial score (nSPS) is 21.6. The van der Waals surface area contributed by atoms with E-state index in [0.717, 1.165) is 31.3 Å². The third kappa shape index (κ3) is 3.90. The van der Waals surface area contributed by atoms with E-state index in [1.54, 1.807) is 0 Å². The standard InChI is InChI=1S/C19H25N5/c1-14-9-15(11-20-10-14)12-24-8-2-3-17(13-24)22-18-6-7-21-19(23-18)16-4-5-16/h6-7,9-11,16-17H,2-5,8,12-13H2,1H3,(H,21,22,23). The van der Waals surface area contributed by atoms with E-state index < -0.39 is 0 Å². The van der Waals surface area contributed by atoms with Gasteiger partial charge in [-0.05, 0) is 56.3 Å². The average molecular weight is 323 g/mol. The van der Waals surface area contributed by atoms with Crippen molar-refractivity contribution in [3.05, 3.63) is 47.7 Å². The summed E-state index contributed by atoms with van der Waals surface area (Å²) in [4.78, 5) is 15.9. The fourth-order valence-electron chi connectivity index (χ4n) is 3.48. The highest BCUT2D eigenvalue weighted by atomic mass is 15.2. The second-order valence-electron chi connectivity index (χ2n) is 7.16. The topological polar surface area (TPSA) is 53.9 Å². The first-order valence-electron chi connectivity index (χ1n) is 8.98. The molecule has 1 saturated heterocycles. The number of rotatable bonds is 5. The van der Waals surface area contributed by atoms with Crippen molar-refractivity contribution in [1.82, 2.24) is 19.9 Å². The average Bonchev–Trinajstić information content (AvgIpc) is 3.40. The van der Waals surface area contributed by atoms with Crippen molar-refractivity contribution in [2.45, 2.75) is 51.1 Å². The van der Waals surface area contributed by atoms with Gasteiger partial charge in [-0.15, -0.1) is 0 Å². The Morgan fingerprint density at radius 3 is 3.00 bits per heavy atom.